The van der Waals surface area contributed by atoms with Gasteiger partial charge in [0.05, 0.1) is 0 Å². The summed E-state index contributed by atoms with van der Waals surface area (Å²) in [6.45, 7) is 8.75. The summed E-state index contributed by atoms with van der Waals surface area (Å²) in [6, 6.07) is 2.52. The molecule has 0 spiro atoms. The predicted molar refractivity (Wildman–Crippen MR) is 85.1 cm³/mol. The Balaban J connectivity index is 1.54. The Labute approximate surface area is 125 Å². The highest BCUT2D eigenvalue weighted by atomic mass is 15.3. The monoisotopic (exact) mass is 279 g/mol. The smallest absolute Gasteiger partial charge is 0.0250 e. The molecule has 2 unspecified atom stereocenters. The molecular weight excluding hydrogens is 246 g/mol. The summed E-state index contributed by atoms with van der Waals surface area (Å²) in [7, 11) is 0. The molecule has 3 aliphatic rings. The van der Waals surface area contributed by atoms with Gasteiger partial charge in [0.15, 0.2) is 0 Å². The van der Waals surface area contributed by atoms with Crippen molar-refractivity contribution in [3.05, 3.63) is 0 Å². The first-order valence-electron chi connectivity index (χ1n) is 9.10. The van der Waals surface area contributed by atoms with Crippen LogP contribution in [0.15, 0.2) is 0 Å². The fourth-order valence-corrected chi connectivity index (χ4v) is 4.17. The van der Waals surface area contributed by atoms with Crippen LogP contribution in [0.4, 0.5) is 0 Å². The van der Waals surface area contributed by atoms with Crippen molar-refractivity contribution in [3.8, 4) is 0 Å². The maximum atomic E-state index is 3.85. The van der Waals surface area contributed by atoms with Gasteiger partial charge in [-0.2, -0.15) is 0 Å². The molecule has 3 heteroatoms. The summed E-state index contributed by atoms with van der Waals surface area (Å²) < 4.78 is 0. The summed E-state index contributed by atoms with van der Waals surface area (Å²) in [5, 5.41) is 3.85. The third kappa shape index (κ3) is 3.75. The van der Waals surface area contributed by atoms with Gasteiger partial charge in [0, 0.05) is 44.3 Å². The van der Waals surface area contributed by atoms with E-state index in [-0.39, 0.29) is 0 Å². The quantitative estimate of drug-likeness (QED) is 0.780. The molecule has 1 heterocycles. The van der Waals surface area contributed by atoms with Crippen molar-refractivity contribution in [2.24, 2.45) is 0 Å². The molecule has 3 nitrogen and oxygen atoms in total. The van der Waals surface area contributed by atoms with Gasteiger partial charge in [-0.3, -0.25) is 9.80 Å². The Morgan fingerprint density at radius 2 is 1.55 bits per heavy atom. The highest BCUT2D eigenvalue weighted by Crippen LogP contribution is 2.29. The van der Waals surface area contributed by atoms with Gasteiger partial charge in [-0.1, -0.05) is 26.2 Å². The molecule has 2 aliphatic carbocycles. The molecule has 1 saturated heterocycles. The largest absolute Gasteiger partial charge is 0.312 e. The van der Waals surface area contributed by atoms with Crippen LogP contribution in [0.3, 0.4) is 0 Å². The minimum atomic E-state index is 0.755. The zero-order chi connectivity index (χ0) is 13.8. The molecule has 116 valence electrons. The lowest BCUT2D eigenvalue weighted by Gasteiger charge is -2.42. The average Bonchev–Trinajstić information content (AvgIpc) is 3.32. The lowest BCUT2D eigenvalue weighted by atomic mass is 10.00. The summed E-state index contributed by atoms with van der Waals surface area (Å²) in [6.07, 6.45) is 11.3. The summed E-state index contributed by atoms with van der Waals surface area (Å²) >= 11 is 0. The Kier molecular flexibility index (Phi) is 5.36. The number of hydrogen-bond donors (Lipinski definition) is 1. The van der Waals surface area contributed by atoms with Gasteiger partial charge in [0.2, 0.25) is 0 Å². The van der Waals surface area contributed by atoms with Crippen LogP contribution in [-0.2, 0) is 0 Å². The van der Waals surface area contributed by atoms with Gasteiger partial charge in [0.25, 0.3) is 0 Å². The molecule has 2 atom stereocenters. The van der Waals surface area contributed by atoms with Gasteiger partial charge in [0.1, 0.15) is 0 Å². The van der Waals surface area contributed by atoms with Crippen molar-refractivity contribution in [3.63, 3.8) is 0 Å². The average molecular weight is 279 g/mol. The van der Waals surface area contributed by atoms with E-state index in [1.165, 1.54) is 84.1 Å². The van der Waals surface area contributed by atoms with E-state index in [2.05, 4.69) is 22.0 Å². The zero-order valence-electron chi connectivity index (χ0n) is 13.3. The normalized spacial score (nSPS) is 34.0. The SMILES string of the molecule is CCCNC1CCCCCC1N1CCN(C2CC2)CC1. The minimum Gasteiger partial charge on any atom is -0.312 e. The molecule has 0 aromatic carbocycles. The fourth-order valence-electron chi connectivity index (χ4n) is 4.17. The molecular formula is C17H33N3. The van der Waals surface area contributed by atoms with Crippen LogP contribution in [-0.4, -0.2) is 60.6 Å². The van der Waals surface area contributed by atoms with Crippen molar-refractivity contribution in [1.29, 1.82) is 0 Å². The molecule has 0 aromatic heterocycles. The molecule has 3 rings (SSSR count). The van der Waals surface area contributed by atoms with Gasteiger partial charge in [-0.05, 0) is 38.6 Å². The highest BCUT2D eigenvalue weighted by molar-refractivity contribution is 4.92. The predicted octanol–water partition coefficient (Wildman–Crippen LogP) is 2.47. The van der Waals surface area contributed by atoms with Gasteiger partial charge < -0.3 is 5.32 Å². The maximum absolute atomic E-state index is 3.85. The first kappa shape index (κ1) is 14.8. The summed E-state index contributed by atoms with van der Waals surface area (Å²) in [4.78, 5) is 5.55. The van der Waals surface area contributed by atoms with Crippen LogP contribution in [0.1, 0.15) is 58.3 Å². The molecule has 1 aliphatic heterocycles. The topological polar surface area (TPSA) is 18.5 Å². The van der Waals surface area contributed by atoms with Gasteiger partial charge in [-0.15, -0.1) is 0 Å². The first-order chi connectivity index (χ1) is 9.88. The van der Waals surface area contributed by atoms with Crippen molar-refractivity contribution in [2.75, 3.05) is 32.7 Å². The third-order valence-electron chi connectivity index (χ3n) is 5.52. The number of nitrogens with one attached hydrogen (secondary N) is 1. The van der Waals surface area contributed by atoms with Crippen molar-refractivity contribution in [1.82, 2.24) is 15.1 Å². The van der Waals surface area contributed by atoms with Crippen LogP contribution in [0.25, 0.3) is 0 Å². The third-order valence-corrected chi connectivity index (χ3v) is 5.52. The molecule has 1 N–H and O–H groups in total. The Bertz CT molecular complexity index is 282. The zero-order valence-corrected chi connectivity index (χ0v) is 13.3. The van der Waals surface area contributed by atoms with E-state index in [1.54, 1.807) is 0 Å². The summed E-state index contributed by atoms with van der Waals surface area (Å²) in [5.74, 6) is 0. The van der Waals surface area contributed by atoms with E-state index in [0.29, 0.717) is 0 Å². The van der Waals surface area contributed by atoms with E-state index >= 15 is 0 Å². The van der Waals surface area contributed by atoms with Crippen molar-refractivity contribution in [2.45, 2.75) is 76.4 Å². The molecule has 0 aromatic rings. The van der Waals surface area contributed by atoms with Crippen LogP contribution >= 0.6 is 0 Å². The van der Waals surface area contributed by atoms with E-state index in [9.17, 15) is 0 Å². The molecule has 20 heavy (non-hydrogen) atoms. The van der Waals surface area contributed by atoms with Crippen LogP contribution in [0.2, 0.25) is 0 Å². The summed E-state index contributed by atoms with van der Waals surface area (Å²) in [5.41, 5.74) is 0. The van der Waals surface area contributed by atoms with Gasteiger partial charge >= 0.3 is 0 Å². The first-order valence-corrected chi connectivity index (χ1v) is 9.10. The highest BCUT2D eigenvalue weighted by Gasteiger charge is 2.35. The second-order valence-electron chi connectivity index (χ2n) is 7.07. The standard InChI is InChI=1S/C17H33N3/c1-2-10-18-16-6-4-3-5-7-17(16)20-13-11-19(12-14-20)15-8-9-15/h15-18H,2-14H2,1H3. The van der Waals surface area contributed by atoms with Crippen molar-refractivity contribution >= 4 is 0 Å². The number of nitrogens with zero attached hydrogens (tertiary/aromatic N) is 2. The van der Waals surface area contributed by atoms with Crippen molar-refractivity contribution < 1.29 is 0 Å². The molecule has 2 saturated carbocycles. The van der Waals surface area contributed by atoms with Crippen LogP contribution in [0.5, 0.6) is 0 Å². The number of rotatable bonds is 5. The number of piperazine rings is 1. The second-order valence-corrected chi connectivity index (χ2v) is 7.07. The van der Waals surface area contributed by atoms with E-state index in [4.69, 9.17) is 0 Å². The molecule has 3 fully saturated rings. The van der Waals surface area contributed by atoms with Gasteiger partial charge in [-0.25, -0.2) is 0 Å². The maximum Gasteiger partial charge on any atom is 0.0250 e. The molecule has 0 bridgehead atoms. The lowest BCUT2D eigenvalue weighted by molar-refractivity contribution is 0.0711. The number of hydrogen-bond acceptors (Lipinski definition) is 3. The minimum absolute atomic E-state index is 0.755. The molecule has 0 amide bonds. The van der Waals surface area contributed by atoms with E-state index in [1.807, 2.05) is 0 Å². The molecule has 0 radical (unpaired) electrons. The Morgan fingerprint density at radius 1 is 0.850 bits per heavy atom. The second kappa shape index (κ2) is 7.24. The lowest BCUT2D eigenvalue weighted by Crippen LogP contribution is -2.56. The van der Waals surface area contributed by atoms with E-state index in [0.717, 1.165) is 18.1 Å². The van der Waals surface area contributed by atoms with E-state index < -0.39 is 0 Å². The van der Waals surface area contributed by atoms with Crippen LogP contribution < -0.4 is 5.32 Å². The fraction of sp³-hybridized carbons (Fsp3) is 1.00. The Hall–Kier alpha value is -0.120. The van der Waals surface area contributed by atoms with Crippen LogP contribution in [0, 0.1) is 0 Å². The Morgan fingerprint density at radius 3 is 2.25 bits per heavy atom.